The molecule has 1 aromatic rings. The zero-order chi connectivity index (χ0) is 11.7. The van der Waals surface area contributed by atoms with E-state index >= 15 is 0 Å². The third-order valence-electron chi connectivity index (χ3n) is 3.80. The number of rotatable bonds is 4. The van der Waals surface area contributed by atoms with Gasteiger partial charge in [0.05, 0.1) is 0 Å². The molecule has 17 heavy (non-hydrogen) atoms. The lowest BCUT2D eigenvalue weighted by Gasteiger charge is -2.32. The highest BCUT2D eigenvalue weighted by Crippen LogP contribution is 2.29. The van der Waals surface area contributed by atoms with E-state index in [1.54, 1.807) is 11.3 Å². The second-order valence-electron chi connectivity index (χ2n) is 5.30. The molecule has 2 fully saturated rings. The van der Waals surface area contributed by atoms with Gasteiger partial charge in [0.1, 0.15) is 5.01 Å². The smallest absolute Gasteiger partial charge is 0.107 e. The molecule has 0 bridgehead atoms. The minimum atomic E-state index is 0.703. The van der Waals surface area contributed by atoms with Crippen LogP contribution in [0.25, 0.3) is 0 Å². The van der Waals surface area contributed by atoms with Gasteiger partial charge in [-0.15, -0.1) is 11.3 Å². The number of hydrogen-bond donors (Lipinski definition) is 1. The molecular weight excluding hydrogens is 230 g/mol. The van der Waals surface area contributed by atoms with Crippen LogP contribution >= 0.6 is 11.3 Å². The standard InChI is InChI=1S/C13H21N3S/c1-10-9-17-13(15-10)8-14-11-4-6-16(7-5-11)12-2-3-12/h9,11-12,14H,2-8H2,1H3. The summed E-state index contributed by atoms with van der Waals surface area (Å²) < 4.78 is 0. The third kappa shape index (κ3) is 3.06. The number of aryl methyl sites for hydroxylation is 1. The van der Waals surface area contributed by atoms with Crippen molar-refractivity contribution in [3.8, 4) is 0 Å². The molecule has 0 spiro atoms. The van der Waals surface area contributed by atoms with Crippen molar-refractivity contribution in [3.63, 3.8) is 0 Å². The second-order valence-corrected chi connectivity index (χ2v) is 6.25. The van der Waals surface area contributed by atoms with Gasteiger partial charge in [0.25, 0.3) is 0 Å². The highest BCUT2D eigenvalue weighted by Gasteiger charge is 2.31. The van der Waals surface area contributed by atoms with Crippen LogP contribution in [-0.2, 0) is 6.54 Å². The summed E-state index contributed by atoms with van der Waals surface area (Å²) in [5.41, 5.74) is 1.15. The molecule has 1 aliphatic heterocycles. The predicted molar refractivity (Wildman–Crippen MR) is 71.3 cm³/mol. The average Bonchev–Trinajstić information content (AvgIpc) is 3.11. The molecule has 0 amide bonds. The molecule has 0 unspecified atom stereocenters. The Morgan fingerprint density at radius 3 is 2.71 bits per heavy atom. The fraction of sp³-hybridized carbons (Fsp3) is 0.769. The lowest BCUT2D eigenvalue weighted by atomic mass is 10.1. The number of piperidine rings is 1. The fourth-order valence-electron chi connectivity index (χ4n) is 2.62. The summed E-state index contributed by atoms with van der Waals surface area (Å²) in [6.45, 7) is 5.60. The van der Waals surface area contributed by atoms with E-state index < -0.39 is 0 Å². The van der Waals surface area contributed by atoms with Crippen LogP contribution in [0.2, 0.25) is 0 Å². The number of nitrogens with one attached hydrogen (secondary N) is 1. The minimum absolute atomic E-state index is 0.703. The van der Waals surface area contributed by atoms with Crippen LogP contribution in [0.4, 0.5) is 0 Å². The van der Waals surface area contributed by atoms with Gasteiger partial charge in [-0.25, -0.2) is 4.98 Å². The Hall–Kier alpha value is -0.450. The quantitative estimate of drug-likeness (QED) is 0.889. The summed E-state index contributed by atoms with van der Waals surface area (Å²) in [6.07, 6.45) is 5.49. The van der Waals surface area contributed by atoms with Gasteiger partial charge in [-0.05, 0) is 45.7 Å². The summed E-state index contributed by atoms with van der Waals surface area (Å²) in [7, 11) is 0. The summed E-state index contributed by atoms with van der Waals surface area (Å²) in [5, 5.41) is 7.01. The molecule has 1 saturated heterocycles. The van der Waals surface area contributed by atoms with Crippen LogP contribution < -0.4 is 5.32 Å². The van der Waals surface area contributed by atoms with E-state index in [4.69, 9.17) is 0 Å². The van der Waals surface area contributed by atoms with Gasteiger partial charge in [0.2, 0.25) is 0 Å². The lowest BCUT2D eigenvalue weighted by molar-refractivity contribution is 0.189. The molecule has 1 aromatic heterocycles. The van der Waals surface area contributed by atoms with Crippen molar-refractivity contribution >= 4 is 11.3 Å². The molecule has 0 aromatic carbocycles. The Labute approximate surface area is 107 Å². The van der Waals surface area contributed by atoms with Crippen LogP contribution in [-0.4, -0.2) is 35.1 Å². The van der Waals surface area contributed by atoms with E-state index in [9.17, 15) is 0 Å². The van der Waals surface area contributed by atoms with Crippen LogP contribution in [0.15, 0.2) is 5.38 Å². The first-order chi connectivity index (χ1) is 8.31. The van der Waals surface area contributed by atoms with Gasteiger partial charge in [0.15, 0.2) is 0 Å². The first-order valence-corrected chi connectivity index (χ1v) is 7.57. The number of hydrogen-bond acceptors (Lipinski definition) is 4. The molecule has 3 rings (SSSR count). The first-order valence-electron chi connectivity index (χ1n) is 6.70. The van der Waals surface area contributed by atoms with E-state index in [0.717, 1.165) is 18.3 Å². The largest absolute Gasteiger partial charge is 0.308 e. The van der Waals surface area contributed by atoms with E-state index in [1.807, 2.05) is 0 Å². The van der Waals surface area contributed by atoms with Crippen molar-refractivity contribution in [1.82, 2.24) is 15.2 Å². The average molecular weight is 251 g/mol. The zero-order valence-corrected chi connectivity index (χ0v) is 11.3. The number of thiazole rings is 1. The Balaban J connectivity index is 1.41. The number of likely N-dealkylation sites (tertiary alicyclic amines) is 1. The normalized spacial score (nSPS) is 23.1. The van der Waals surface area contributed by atoms with E-state index in [0.29, 0.717) is 6.04 Å². The Morgan fingerprint density at radius 2 is 2.12 bits per heavy atom. The Morgan fingerprint density at radius 1 is 1.35 bits per heavy atom. The highest BCUT2D eigenvalue weighted by atomic mass is 32.1. The van der Waals surface area contributed by atoms with E-state index in [1.165, 1.54) is 43.8 Å². The topological polar surface area (TPSA) is 28.2 Å². The van der Waals surface area contributed by atoms with Crippen molar-refractivity contribution in [3.05, 3.63) is 16.1 Å². The van der Waals surface area contributed by atoms with Crippen molar-refractivity contribution in [2.75, 3.05) is 13.1 Å². The van der Waals surface area contributed by atoms with Crippen LogP contribution in [0.1, 0.15) is 36.4 Å². The van der Waals surface area contributed by atoms with Gasteiger partial charge in [-0.2, -0.15) is 0 Å². The van der Waals surface area contributed by atoms with Crippen LogP contribution in [0.3, 0.4) is 0 Å². The van der Waals surface area contributed by atoms with Gasteiger partial charge in [-0.1, -0.05) is 0 Å². The SMILES string of the molecule is Cc1csc(CNC2CCN(C3CC3)CC2)n1. The summed E-state index contributed by atoms with van der Waals surface area (Å²) in [6, 6.07) is 1.65. The minimum Gasteiger partial charge on any atom is -0.308 e. The molecule has 4 heteroatoms. The Bertz CT molecular complexity index is 364. The van der Waals surface area contributed by atoms with Gasteiger partial charge in [-0.3, -0.25) is 0 Å². The number of nitrogens with zero attached hydrogens (tertiary/aromatic N) is 2. The fourth-order valence-corrected chi connectivity index (χ4v) is 3.35. The summed E-state index contributed by atoms with van der Waals surface area (Å²) >= 11 is 1.77. The van der Waals surface area contributed by atoms with Crippen molar-refractivity contribution in [2.24, 2.45) is 0 Å². The maximum Gasteiger partial charge on any atom is 0.107 e. The first kappa shape index (κ1) is 11.6. The van der Waals surface area contributed by atoms with Crippen molar-refractivity contribution in [2.45, 2.75) is 51.2 Å². The lowest BCUT2D eigenvalue weighted by Crippen LogP contribution is -2.43. The molecule has 3 nitrogen and oxygen atoms in total. The van der Waals surface area contributed by atoms with E-state index in [2.05, 4.69) is 27.5 Å². The zero-order valence-electron chi connectivity index (χ0n) is 10.5. The molecule has 1 N–H and O–H groups in total. The summed E-state index contributed by atoms with van der Waals surface area (Å²) in [4.78, 5) is 7.17. The Kier molecular flexibility index (Phi) is 3.45. The molecular formula is C13H21N3S. The molecule has 0 atom stereocenters. The second kappa shape index (κ2) is 5.04. The van der Waals surface area contributed by atoms with E-state index in [-0.39, 0.29) is 0 Å². The maximum atomic E-state index is 4.49. The van der Waals surface area contributed by atoms with Crippen molar-refractivity contribution in [1.29, 1.82) is 0 Å². The maximum absolute atomic E-state index is 4.49. The highest BCUT2D eigenvalue weighted by molar-refractivity contribution is 7.09. The molecule has 1 saturated carbocycles. The molecule has 94 valence electrons. The van der Waals surface area contributed by atoms with Gasteiger partial charge >= 0.3 is 0 Å². The molecule has 2 heterocycles. The molecule has 2 aliphatic rings. The monoisotopic (exact) mass is 251 g/mol. The van der Waals surface area contributed by atoms with Gasteiger partial charge in [0, 0.05) is 29.7 Å². The van der Waals surface area contributed by atoms with Crippen LogP contribution in [0, 0.1) is 6.92 Å². The van der Waals surface area contributed by atoms with Crippen molar-refractivity contribution < 1.29 is 0 Å². The third-order valence-corrected chi connectivity index (χ3v) is 4.77. The summed E-state index contributed by atoms with van der Waals surface area (Å²) in [5.74, 6) is 0. The van der Waals surface area contributed by atoms with Gasteiger partial charge < -0.3 is 10.2 Å². The van der Waals surface area contributed by atoms with Crippen LogP contribution in [0.5, 0.6) is 0 Å². The number of aromatic nitrogens is 1. The predicted octanol–water partition coefficient (Wildman–Crippen LogP) is 2.17. The molecule has 1 aliphatic carbocycles. The molecule has 0 radical (unpaired) electrons.